The number of ether oxygens (including phenoxy) is 1. The number of aryl methyl sites for hydroxylation is 1. The number of carboxylic acid groups (broad SMARTS) is 1. The van der Waals surface area contributed by atoms with Crippen LogP contribution >= 0.6 is 0 Å². The SMILES string of the molecule is Cc1cnccc1C(=O)N1CCOCC1C(=O)O. The zero-order valence-corrected chi connectivity index (χ0v) is 10.00. The summed E-state index contributed by atoms with van der Waals surface area (Å²) in [7, 11) is 0. The van der Waals surface area contributed by atoms with E-state index >= 15 is 0 Å². The van der Waals surface area contributed by atoms with Gasteiger partial charge in [-0.2, -0.15) is 0 Å². The normalized spacial score (nSPS) is 19.6. The Kier molecular flexibility index (Phi) is 3.57. The third-order valence-electron chi connectivity index (χ3n) is 2.93. The molecule has 1 unspecified atom stereocenters. The van der Waals surface area contributed by atoms with Crippen LogP contribution < -0.4 is 0 Å². The molecule has 1 fully saturated rings. The van der Waals surface area contributed by atoms with Crippen molar-refractivity contribution in [3.05, 3.63) is 29.6 Å². The standard InChI is InChI=1S/C12H14N2O4/c1-8-6-13-3-2-9(8)11(15)14-4-5-18-7-10(14)12(16)17/h2-3,6,10H,4-5,7H2,1H3,(H,16,17). The molecule has 0 radical (unpaired) electrons. The second kappa shape index (κ2) is 5.14. The van der Waals surface area contributed by atoms with Crippen LogP contribution in [0.1, 0.15) is 15.9 Å². The molecule has 0 spiro atoms. The lowest BCUT2D eigenvalue weighted by Crippen LogP contribution is -2.52. The summed E-state index contributed by atoms with van der Waals surface area (Å²) in [4.78, 5) is 28.7. The molecule has 2 rings (SSSR count). The summed E-state index contributed by atoms with van der Waals surface area (Å²) in [5, 5.41) is 9.09. The van der Waals surface area contributed by atoms with E-state index < -0.39 is 12.0 Å². The van der Waals surface area contributed by atoms with Crippen LogP contribution in [-0.2, 0) is 9.53 Å². The van der Waals surface area contributed by atoms with Gasteiger partial charge in [0, 0.05) is 24.5 Å². The summed E-state index contributed by atoms with van der Waals surface area (Å²) in [6.45, 7) is 2.46. The van der Waals surface area contributed by atoms with Gasteiger partial charge in [-0.05, 0) is 18.6 Å². The van der Waals surface area contributed by atoms with Gasteiger partial charge < -0.3 is 14.7 Å². The summed E-state index contributed by atoms with van der Waals surface area (Å²) in [6.07, 6.45) is 3.11. The van der Waals surface area contributed by atoms with E-state index in [9.17, 15) is 9.59 Å². The lowest BCUT2D eigenvalue weighted by molar-refractivity contribution is -0.147. The maximum absolute atomic E-state index is 12.3. The highest BCUT2D eigenvalue weighted by molar-refractivity contribution is 5.97. The number of hydrogen-bond donors (Lipinski definition) is 1. The van der Waals surface area contributed by atoms with Gasteiger partial charge in [0.1, 0.15) is 0 Å². The topological polar surface area (TPSA) is 79.7 Å². The molecule has 0 aromatic carbocycles. The van der Waals surface area contributed by atoms with Gasteiger partial charge in [0.2, 0.25) is 0 Å². The van der Waals surface area contributed by atoms with Crippen molar-refractivity contribution >= 4 is 11.9 Å². The Hall–Kier alpha value is -1.95. The number of aromatic nitrogens is 1. The number of pyridine rings is 1. The van der Waals surface area contributed by atoms with Gasteiger partial charge in [-0.25, -0.2) is 4.79 Å². The van der Waals surface area contributed by atoms with Crippen LogP contribution in [0.25, 0.3) is 0 Å². The van der Waals surface area contributed by atoms with E-state index in [2.05, 4.69) is 4.98 Å². The minimum absolute atomic E-state index is 0.0329. The van der Waals surface area contributed by atoms with E-state index in [0.717, 1.165) is 5.56 Å². The molecule has 0 bridgehead atoms. The predicted octanol–water partition coefficient (Wildman–Crippen LogP) is 0.316. The summed E-state index contributed by atoms with van der Waals surface area (Å²) < 4.78 is 5.10. The Morgan fingerprint density at radius 3 is 3.00 bits per heavy atom. The number of amides is 1. The Balaban J connectivity index is 2.27. The van der Waals surface area contributed by atoms with Crippen molar-refractivity contribution in [3.63, 3.8) is 0 Å². The third-order valence-corrected chi connectivity index (χ3v) is 2.93. The number of carbonyl (C=O) groups excluding carboxylic acids is 1. The molecule has 6 nitrogen and oxygen atoms in total. The number of nitrogens with zero attached hydrogens (tertiary/aromatic N) is 2. The second-order valence-corrected chi connectivity index (χ2v) is 4.12. The predicted molar refractivity (Wildman–Crippen MR) is 62.3 cm³/mol. The molecule has 0 aliphatic carbocycles. The summed E-state index contributed by atoms with van der Waals surface area (Å²) in [6, 6.07) is 0.685. The van der Waals surface area contributed by atoms with Gasteiger partial charge >= 0.3 is 5.97 Å². The van der Waals surface area contributed by atoms with Crippen molar-refractivity contribution in [3.8, 4) is 0 Å². The van der Waals surface area contributed by atoms with Gasteiger partial charge in [0.15, 0.2) is 6.04 Å². The van der Waals surface area contributed by atoms with Crippen LogP contribution in [0.3, 0.4) is 0 Å². The molecule has 1 aromatic rings. The molecule has 1 N–H and O–H groups in total. The maximum atomic E-state index is 12.3. The van der Waals surface area contributed by atoms with Crippen molar-refractivity contribution in [1.29, 1.82) is 0 Å². The lowest BCUT2D eigenvalue weighted by atomic mass is 10.1. The number of morpholine rings is 1. The Bertz CT molecular complexity index is 475. The van der Waals surface area contributed by atoms with Crippen molar-refractivity contribution in [2.45, 2.75) is 13.0 Å². The molecule has 1 aromatic heterocycles. The van der Waals surface area contributed by atoms with Gasteiger partial charge in [0.25, 0.3) is 5.91 Å². The largest absolute Gasteiger partial charge is 0.480 e. The van der Waals surface area contributed by atoms with E-state index in [4.69, 9.17) is 9.84 Å². The number of hydrogen-bond acceptors (Lipinski definition) is 4. The molecule has 6 heteroatoms. The van der Waals surface area contributed by atoms with Crippen LogP contribution in [0.4, 0.5) is 0 Å². The zero-order valence-electron chi connectivity index (χ0n) is 10.00. The highest BCUT2D eigenvalue weighted by atomic mass is 16.5. The lowest BCUT2D eigenvalue weighted by Gasteiger charge is -2.33. The fraction of sp³-hybridized carbons (Fsp3) is 0.417. The monoisotopic (exact) mass is 250 g/mol. The van der Waals surface area contributed by atoms with E-state index in [1.807, 2.05) is 0 Å². The van der Waals surface area contributed by atoms with Crippen LogP contribution in [-0.4, -0.2) is 52.7 Å². The van der Waals surface area contributed by atoms with Crippen LogP contribution in [0.2, 0.25) is 0 Å². The van der Waals surface area contributed by atoms with Crippen molar-refractivity contribution < 1.29 is 19.4 Å². The fourth-order valence-corrected chi connectivity index (χ4v) is 1.92. The second-order valence-electron chi connectivity index (χ2n) is 4.12. The first-order valence-electron chi connectivity index (χ1n) is 5.63. The maximum Gasteiger partial charge on any atom is 0.328 e. The van der Waals surface area contributed by atoms with Crippen molar-refractivity contribution in [2.75, 3.05) is 19.8 Å². The van der Waals surface area contributed by atoms with Crippen molar-refractivity contribution in [2.24, 2.45) is 0 Å². The Morgan fingerprint density at radius 2 is 2.33 bits per heavy atom. The van der Waals surface area contributed by atoms with Gasteiger partial charge in [-0.3, -0.25) is 9.78 Å². The third kappa shape index (κ3) is 2.33. The first kappa shape index (κ1) is 12.5. The van der Waals surface area contributed by atoms with Crippen LogP contribution in [0.15, 0.2) is 18.5 Å². The molecular formula is C12H14N2O4. The average molecular weight is 250 g/mol. The van der Waals surface area contributed by atoms with Crippen LogP contribution in [0, 0.1) is 6.92 Å². The first-order valence-corrected chi connectivity index (χ1v) is 5.63. The average Bonchev–Trinajstić information content (AvgIpc) is 2.38. The van der Waals surface area contributed by atoms with Gasteiger partial charge in [-0.15, -0.1) is 0 Å². The van der Waals surface area contributed by atoms with Crippen molar-refractivity contribution in [1.82, 2.24) is 9.88 Å². The fourth-order valence-electron chi connectivity index (χ4n) is 1.92. The minimum Gasteiger partial charge on any atom is -0.480 e. The zero-order chi connectivity index (χ0) is 13.1. The molecule has 96 valence electrons. The number of carboxylic acids is 1. The molecule has 2 heterocycles. The summed E-state index contributed by atoms with van der Waals surface area (Å²) >= 11 is 0. The van der Waals surface area contributed by atoms with Crippen LogP contribution in [0.5, 0.6) is 0 Å². The number of aliphatic carboxylic acids is 1. The molecule has 1 aliphatic rings. The first-order chi connectivity index (χ1) is 8.61. The highest BCUT2D eigenvalue weighted by Gasteiger charge is 2.33. The molecule has 1 amide bonds. The molecular weight excluding hydrogens is 236 g/mol. The molecule has 1 atom stereocenters. The van der Waals surface area contributed by atoms with Gasteiger partial charge in [-0.1, -0.05) is 0 Å². The van der Waals surface area contributed by atoms with Gasteiger partial charge in [0.05, 0.1) is 13.2 Å². The molecule has 1 aliphatic heterocycles. The van der Waals surface area contributed by atoms with E-state index in [1.54, 1.807) is 19.2 Å². The Morgan fingerprint density at radius 1 is 1.56 bits per heavy atom. The van der Waals surface area contributed by atoms with E-state index in [0.29, 0.717) is 12.2 Å². The van der Waals surface area contributed by atoms with E-state index in [-0.39, 0.29) is 19.1 Å². The quantitative estimate of drug-likeness (QED) is 0.817. The molecule has 1 saturated heterocycles. The Labute approximate surface area is 104 Å². The summed E-state index contributed by atoms with van der Waals surface area (Å²) in [5.74, 6) is -1.33. The minimum atomic E-state index is -1.05. The molecule has 0 saturated carbocycles. The number of carbonyl (C=O) groups is 2. The smallest absolute Gasteiger partial charge is 0.328 e. The number of rotatable bonds is 2. The highest BCUT2D eigenvalue weighted by Crippen LogP contribution is 2.15. The molecule has 18 heavy (non-hydrogen) atoms. The van der Waals surface area contributed by atoms with E-state index in [1.165, 1.54) is 11.1 Å². The summed E-state index contributed by atoms with van der Waals surface area (Å²) in [5.41, 5.74) is 1.22.